The SMILES string of the molecule is CCc1nc2ccc(Cl)nc2s1. The van der Waals surface area contributed by atoms with E-state index in [0.29, 0.717) is 5.15 Å². The molecule has 0 aliphatic rings. The molecular formula is C8H7ClN2S. The highest BCUT2D eigenvalue weighted by atomic mass is 35.5. The van der Waals surface area contributed by atoms with Crippen LogP contribution < -0.4 is 0 Å². The van der Waals surface area contributed by atoms with E-state index in [2.05, 4.69) is 16.9 Å². The van der Waals surface area contributed by atoms with E-state index >= 15 is 0 Å². The van der Waals surface area contributed by atoms with Gasteiger partial charge in [-0.3, -0.25) is 0 Å². The van der Waals surface area contributed by atoms with Crippen molar-refractivity contribution in [3.63, 3.8) is 0 Å². The van der Waals surface area contributed by atoms with E-state index < -0.39 is 0 Å². The predicted octanol–water partition coefficient (Wildman–Crippen LogP) is 2.91. The molecule has 0 aliphatic heterocycles. The fourth-order valence-corrected chi connectivity index (χ4v) is 2.06. The van der Waals surface area contributed by atoms with Crippen LogP contribution in [0.2, 0.25) is 5.15 Å². The van der Waals surface area contributed by atoms with Crippen LogP contribution in [0, 0.1) is 0 Å². The number of fused-ring (bicyclic) bond motifs is 1. The van der Waals surface area contributed by atoms with E-state index in [1.165, 1.54) is 0 Å². The van der Waals surface area contributed by atoms with E-state index in [0.717, 1.165) is 21.8 Å². The summed E-state index contributed by atoms with van der Waals surface area (Å²) in [5.41, 5.74) is 0.946. The number of thiazole rings is 1. The molecule has 0 amide bonds. The Bertz CT molecular complexity index is 410. The van der Waals surface area contributed by atoms with Crippen molar-refractivity contribution in [2.24, 2.45) is 0 Å². The zero-order valence-electron chi connectivity index (χ0n) is 6.54. The average Bonchev–Trinajstić information content (AvgIpc) is 2.46. The summed E-state index contributed by atoms with van der Waals surface area (Å²) in [4.78, 5) is 9.47. The van der Waals surface area contributed by atoms with E-state index in [9.17, 15) is 0 Å². The summed E-state index contributed by atoms with van der Waals surface area (Å²) in [6.07, 6.45) is 0.957. The molecule has 62 valence electrons. The molecule has 0 atom stereocenters. The molecule has 12 heavy (non-hydrogen) atoms. The quantitative estimate of drug-likeness (QED) is 0.659. The van der Waals surface area contributed by atoms with Gasteiger partial charge in [-0.15, -0.1) is 0 Å². The van der Waals surface area contributed by atoms with Gasteiger partial charge in [-0.25, -0.2) is 9.97 Å². The zero-order valence-corrected chi connectivity index (χ0v) is 8.11. The fourth-order valence-electron chi connectivity index (χ4n) is 0.991. The van der Waals surface area contributed by atoms with E-state index in [-0.39, 0.29) is 0 Å². The lowest BCUT2D eigenvalue weighted by Crippen LogP contribution is -1.75. The van der Waals surface area contributed by atoms with Gasteiger partial charge in [0.1, 0.15) is 15.5 Å². The first-order valence-corrected chi connectivity index (χ1v) is 4.91. The number of nitrogens with zero attached hydrogens (tertiary/aromatic N) is 2. The summed E-state index contributed by atoms with van der Waals surface area (Å²) in [6, 6.07) is 3.67. The minimum Gasteiger partial charge on any atom is -0.239 e. The largest absolute Gasteiger partial charge is 0.239 e. The Morgan fingerprint density at radius 2 is 2.25 bits per heavy atom. The van der Waals surface area contributed by atoms with Crippen molar-refractivity contribution < 1.29 is 0 Å². The van der Waals surface area contributed by atoms with Gasteiger partial charge in [-0.2, -0.15) is 0 Å². The minimum atomic E-state index is 0.536. The second-order valence-corrected chi connectivity index (χ2v) is 3.87. The van der Waals surface area contributed by atoms with E-state index in [1.807, 2.05) is 6.07 Å². The van der Waals surface area contributed by atoms with Crippen molar-refractivity contribution in [1.29, 1.82) is 0 Å². The number of halogens is 1. The summed E-state index contributed by atoms with van der Waals surface area (Å²) in [7, 11) is 0. The molecule has 0 unspecified atom stereocenters. The highest BCUT2D eigenvalue weighted by Gasteiger charge is 2.02. The Balaban J connectivity index is 2.67. The first-order valence-electron chi connectivity index (χ1n) is 3.71. The van der Waals surface area contributed by atoms with Gasteiger partial charge in [-0.1, -0.05) is 29.9 Å². The first-order chi connectivity index (χ1) is 5.79. The van der Waals surface area contributed by atoms with Gasteiger partial charge in [-0.05, 0) is 18.6 Å². The lowest BCUT2D eigenvalue weighted by molar-refractivity contribution is 1.11. The molecule has 2 nitrogen and oxygen atoms in total. The van der Waals surface area contributed by atoms with E-state index in [1.54, 1.807) is 17.4 Å². The van der Waals surface area contributed by atoms with Crippen molar-refractivity contribution in [1.82, 2.24) is 9.97 Å². The normalized spacial score (nSPS) is 10.8. The molecule has 0 fully saturated rings. The molecule has 2 aromatic heterocycles. The number of aromatic nitrogens is 2. The third-order valence-electron chi connectivity index (χ3n) is 1.57. The van der Waals surface area contributed by atoms with Gasteiger partial charge in [0.15, 0.2) is 0 Å². The van der Waals surface area contributed by atoms with Crippen LogP contribution in [0.1, 0.15) is 11.9 Å². The molecule has 0 spiro atoms. The Morgan fingerprint density at radius 1 is 1.42 bits per heavy atom. The topological polar surface area (TPSA) is 25.8 Å². The van der Waals surface area contributed by atoms with Gasteiger partial charge < -0.3 is 0 Å². The van der Waals surface area contributed by atoms with Gasteiger partial charge in [0, 0.05) is 0 Å². The lowest BCUT2D eigenvalue weighted by atomic mass is 10.4. The van der Waals surface area contributed by atoms with Crippen LogP contribution in [0.5, 0.6) is 0 Å². The Hall–Kier alpha value is -0.670. The van der Waals surface area contributed by atoms with Gasteiger partial charge >= 0.3 is 0 Å². The molecule has 0 aromatic carbocycles. The molecule has 0 radical (unpaired) electrons. The standard InChI is InChI=1S/C8H7ClN2S/c1-2-7-10-5-3-4-6(9)11-8(5)12-7/h3-4H,2H2,1H3. The van der Waals surface area contributed by atoms with Gasteiger partial charge in [0.05, 0.1) is 5.01 Å². The summed E-state index contributed by atoms with van der Waals surface area (Å²) < 4.78 is 0. The molecule has 0 saturated heterocycles. The first kappa shape index (κ1) is 7.95. The maximum Gasteiger partial charge on any atom is 0.145 e. The van der Waals surface area contributed by atoms with Crippen LogP contribution in [0.25, 0.3) is 10.3 Å². The second-order valence-electron chi connectivity index (χ2n) is 2.42. The van der Waals surface area contributed by atoms with Gasteiger partial charge in [0.2, 0.25) is 0 Å². The number of pyridine rings is 1. The van der Waals surface area contributed by atoms with Crippen LogP contribution >= 0.6 is 22.9 Å². The fraction of sp³-hybridized carbons (Fsp3) is 0.250. The summed E-state index contributed by atoms with van der Waals surface area (Å²) in [5.74, 6) is 0. The second kappa shape index (κ2) is 2.99. The zero-order chi connectivity index (χ0) is 8.55. The number of hydrogen-bond acceptors (Lipinski definition) is 3. The Morgan fingerprint density at radius 3 is 3.00 bits per heavy atom. The van der Waals surface area contributed by atoms with Crippen molar-refractivity contribution in [3.8, 4) is 0 Å². The Kier molecular flexibility index (Phi) is 1.98. The maximum absolute atomic E-state index is 5.74. The summed E-state index contributed by atoms with van der Waals surface area (Å²) >= 11 is 7.34. The van der Waals surface area contributed by atoms with Gasteiger partial charge in [0.25, 0.3) is 0 Å². The summed E-state index contributed by atoms with van der Waals surface area (Å²) in [5, 5.41) is 1.65. The molecule has 0 saturated carbocycles. The van der Waals surface area contributed by atoms with Crippen LogP contribution in [0.15, 0.2) is 12.1 Å². The van der Waals surface area contributed by atoms with E-state index in [4.69, 9.17) is 11.6 Å². The molecule has 4 heteroatoms. The maximum atomic E-state index is 5.74. The molecule has 0 N–H and O–H groups in total. The molecule has 0 bridgehead atoms. The highest BCUT2D eigenvalue weighted by Crippen LogP contribution is 2.21. The molecule has 0 aliphatic carbocycles. The van der Waals surface area contributed by atoms with Crippen molar-refractivity contribution in [3.05, 3.63) is 22.3 Å². The number of aryl methyl sites for hydroxylation is 1. The Labute approximate surface area is 79.2 Å². The van der Waals surface area contributed by atoms with Crippen molar-refractivity contribution >= 4 is 33.3 Å². The monoisotopic (exact) mass is 198 g/mol. The van der Waals surface area contributed by atoms with Crippen molar-refractivity contribution in [2.45, 2.75) is 13.3 Å². The summed E-state index contributed by atoms with van der Waals surface area (Å²) in [6.45, 7) is 2.08. The molecule has 2 heterocycles. The highest BCUT2D eigenvalue weighted by molar-refractivity contribution is 7.18. The van der Waals surface area contributed by atoms with Crippen LogP contribution in [-0.2, 0) is 6.42 Å². The third kappa shape index (κ3) is 1.30. The van der Waals surface area contributed by atoms with Crippen LogP contribution in [0.4, 0.5) is 0 Å². The molecule has 2 rings (SSSR count). The minimum absolute atomic E-state index is 0.536. The third-order valence-corrected chi connectivity index (χ3v) is 2.89. The number of rotatable bonds is 1. The molecule has 2 aromatic rings. The lowest BCUT2D eigenvalue weighted by Gasteiger charge is -1.85. The van der Waals surface area contributed by atoms with Crippen LogP contribution in [-0.4, -0.2) is 9.97 Å². The van der Waals surface area contributed by atoms with Crippen LogP contribution in [0.3, 0.4) is 0 Å². The smallest absolute Gasteiger partial charge is 0.145 e. The van der Waals surface area contributed by atoms with Crippen molar-refractivity contribution in [2.75, 3.05) is 0 Å². The number of hydrogen-bond donors (Lipinski definition) is 0. The molecular weight excluding hydrogens is 192 g/mol. The average molecular weight is 199 g/mol. The predicted molar refractivity (Wildman–Crippen MR) is 51.8 cm³/mol.